The number of anilines is 6. The van der Waals surface area contributed by atoms with Crippen molar-refractivity contribution in [2.24, 2.45) is 0 Å². The molecule has 12 rings (SSSR count). The van der Waals surface area contributed by atoms with E-state index in [9.17, 15) is 95.1 Å². The normalized spacial score (nSPS) is 10.5. The van der Waals surface area contributed by atoms with Crippen molar-refractivity contribution in [3.63, 3.8) is 0 Å². The van der Waals surface area contributed by atoms with Crippen LogP contribution in [0.1, 0.15) is 202 Å². The summed E-state index contributed by atoms with van der Waals surface area (Å²) in [7, 11) is 0. The number of benzene rings is 6. The number of aliphatic carboxylic acids is 6. The van der Waals surface area contributed by atoms with Crippen molar-refractivity contribution in [3.8, 4) is 0 Å². The molecule has 0 aliphatic rings. The lowest BCUT2D eigenvalue weighted by molar-refractivity contribution is -0.137. The third-order valence-electron chi connectivity index (χ3n) is 17.6. The predicted molar refractivity (Wildman–Crippen MR) is 518 cm³/mol. The fourth-order valence-electron chi connectivity index (χ4n) is 10.5. The Labute approximate surface area is 867 Å². The van der Waals surface area contributed by atoms with E-state index in [-0.39, 0.29) is 145 Å². The van der Waals surface area contributed by atoms with E-state index in [1.807, 2.05) is 27.7 Å². The number of rotatable bonds is 30. The van der Waals surface area contributed by atoms with E-state index in [1.54, 1.807) is 98.8 Å². The Balaban J connectivity index is 0.000000234. The van der Waals surface area contributed by atoms with Crippen molar-refractivity contribution in [2.75, 3.05) is 31.9 Å². The number of nitrogens with zero attached hydrogens (tertiary/aromatic N) is 18. The second kappa shape index (κ2) is 54.4. The molecule has 6 amide bonds. The number of amides is 6. The zero-order chi connectivity index (χ0) is 107. The Morgan fingerprint density at radius 1 is 0.243 bits per heavy atom. The van der Waals surface area contributed by atoms with Crippen LogP contribution in [-0.4, -0.2) is 227 Å². The summed E-state index contributed by atoms with van der Waals surface area (Å²) >= 11 is 50.7. The van der Waals surface area contributed by atoms with Crippen LogP contribution in [0.3, 0.4) is 0 Å². The van der Waals surface area contributed by atoms with E-state index in [4.69, 9.17) is 112 Å². The fraction of sp³-hybridized carbons (Fsp3) is 0.214. The molecule has 0 radical (unpaired) electrons. The number of carbonyl (C=O) groups is 18. The van der Waals surface area contributed by atoms with Gasteiger partial charge in [-0.25, -0.2) is 8.78 Å². The van der Waals surface area contributed by atoms with Gasteiger partial charge in [0.05, 0.1) is 92.7 Å². The number of hydrogen-bond acceptors (Lipinski definition) is 30. The summed E-state index contributed by atoms with van der Waals surface area (Å²) < 4.78 is 27.6. The van der Waals surface area contributed by atoms with Gasteiger partial charge in [0, 0.05) is 38.5 Å². The molecule has 0 aliphatic carbocycles. The Hall–Kier alpha value is -14.9. The van der Waals surface area contributed by atoms with Crippen molar-refractivity contribution in [3.05, 3.63) is 238 Å². The van der Waals surface area contributed by atoms with Crippen molar-refractivity contribution in [1.29, 1.82) is 0 Å². The maximum atomic E-state index is 13.8. The van der Waals surface area contributed by atoms with Gasteiger partial charge in [-0.15, -0.1) is 90.0 Å². The molecule has 0 fully saturated rings. The highest BCUT2D eigenvalue weighted by Crippen LogP contribution is 2.30. The molecule has 0 unspecified atom stereocenters. The number of nitrogens with one attached hydrogen (secondary N) is 6. The first kappa shape index (κ1) is 116. The molecule has 6 heterocycles. The summed E-state index contributed by atoms with van der Waals surface area (Å²) in [5, 5.41) is 111. The van der Waals surface area contributed by atoms with Crippen LogP contribution < -0.4 is 31.9 Å². The van der Waals surface area contributed by atoms with Gasteiger partial charge in [-0.2, -0.15) is 0 Å². The zero-order valence-corrected chi connectivity index (χ0v) is 84.5. The topological polar surface area (TPSA) is 685 Å². The van der Waals surface area contributed by atoms with Crippen molar-refractivity contribution >= 4 is 270 Å². The molecule has 12 N–H and O–H groups in total. The lowest BCUT2D eigenvalue weighted by Crippen LogP contribution is -2.18. The highest BCUT2D eigenvalue weighted by molar-refractivity contribution is 9.11. The number of carboxylic acids is 6. The molecule has 0 spiro atoms. The molecule has 144 heavy (non-hydrogen) atoms. The molecule has 48 nitrogen and oxygen atoms in total. The molecule has 0 saturated heterocycles. The monoisotopic (exact) mass is 2320 g/mol. The van der Waals surface area contributed by atoms with Gasteiger partial charge in [-0.05, 0) is 196 Å². The largest absolute Gasteiger partial charge is 0.481 e. The van der Waals surface area contributed by atoms with E-state index < -0.39 is 125 Å². The summed E-state index contributed by atoms with van der Waals surface area (Å²) in [6.07, 6.45) is -4.09. The van der Waals surface area contributed by atoms with Gasteiger partial charge in [-0.1, -0.05) is 118 Å². The molecule has 0 bridgehead atoms. The van der Waals surface area contributed by atoms with E-state index in [0.717, 1.165) is 22.3 Å². The molecule has 60 heteroatoms. The standard InChI is InChI=1S/2C14H12BrClN4O4.C14H12BrFN4O4.2C14H12Cl2N4O4.C14H12ClFN4O4/c3*1-7-2-3-9(8(16)6-7)17-14(24)12-13(15)19-20(18-12)10(21)4-5-11(22)23;2*1-7-2-3-9(8(15)6-7)17-14(24)12-13(16)19-20(18-12)10(21)4-5-11(22)23;1-7-2-3-9(8(16)6-7)17-14(24)12-13(15)19-20(18-12)10(21)4-5-11(22)23/h6*2-3,6H,4-5H2,1H3,(H,17,24)(H,22,23). The molecule has 6 aromatic carbocycles. The molecule has 12 aromatic rings. The van der Waals surface area contributed by atoms with E-state index in [2.05, 4.69) is 141 Å². The summed E-state index contributed by atoms with van der Waals surface area (Å²) in [5.74, 6) is -16.3. The highest BCUT2D eigenvalue weighted by Gasteiger charge is 2.30. The van der Waals surface area contributed by atoms with Crippen molar-refractivity contribution in [1.82, 2.24) is 90.0 Å². The van der Waals surface area contributed by atoms with Gasteiger partial charge < -0.3 is 62.5 Å². The van der Waals surface area contributed by atoms with Gasteiger partial charge in [0.1, 0.15) is 11.6 Å². The minimum absolute atomic E-state index is 0.0174. The second-order valence-corrected chi connectivity index (χ2v) is 34.1. The Kier molecular flexibility index (Phi) is 43.9. The van der Waals surface area contributed by atoms with Crippen LogP contribution in [0.5, 0.6) is 0 Å². The summed E-state index contributed by atoms with van der Waals surface area (Å²) in [6, 6.07) is 28.8. The van der Waals surface area contributed by atoms with E-state index >= 15 is 0 Å². The summed E-state index contributed by atoms with van der Waals surface area (Å²) in [4.78, 5) is 210. The van der Waals surface area contributed by atoms with E-state index in [0.29, 0.717) is 82.7 Å². The third kappa shape index (κ3) is 36.0. The Morgan fingerprint density at radius 3 is 0.583 bits per heavy atom. The summed E-state index contributed by atoms with van der Waals surface area (Å²) in [5.41, 5.74) is 5.12. The predicted octanol–water partition coefficient (Wildman–Crippen LogP) is 15.2. The van der Waals surface area contributed by atoms with Gasteiger partial charge in [-0.3, -0.25) is 86.3 Å². The smallest absolute Gasteiger partial charge is 0.303 e. The maximum absolute atomic E-state index is 13.8. The van der Waals surface area contributed by atoms with Crippen LogP contribution in [0, 0.1) is 53.2 Å². The SMILES string of the molecule is Cc1ccc(NC(=O)c2nn(C(=O)CCC(=O)O)nc2Br)c(Cl)c1.Cc1ccc(NC(=O)c2nn(C(=O)CCC(=O)O)nc2Br)c(Cl)c1.Cc1ccc(NC(=O)c2nn(C(=O)CCC(=O)O)nc2Br)c(F)c1.Cc1ccc(NC(=O)c2nn(C(=O)CCC(=O)O)nc2Cl)c(Cl)c1.Cc1ccc(NC(=O)c2nn(C(=O)CCC(=O)O)nc2Cl)c(Cl)c1.Cc1ccc(NC(=O)c2nn(C(=O)CCC(=O)O)nc2Cl)c(F)c1. The van der Waals surface area contributed by atoms with Crippen LogP contribution in [0.25, 0.3) is 0 Å². The molecular weight excluding hydrogens is 2250 g/mol. The number of carboxylic acid groups (broad SMARTS) is 6. The molecule has 756 valence electrons. The van der Waals surface area contributed by atoms with Crippen LogP contribution in [0.4, 0.5) is 42.9 Å². The minimum atomic E-state index is -1.16. The first-order chi connectivity index (χ1) is 67.6. The fourth-order valence-corrected chi connectivity index (χ4v) is 13.5. The van der Waals surface area contributed by atoms with Gasteiger partial charge >= 0.3 is 35.8 Å². The average molecular weight is 2330 g/mol. The van der Waals surface area contributed by atoms with Gasteiger partial charge in [0.15, 0.2) is 63.4 Å². The molecule has 0 atom stereocenters. The first-order valence-electron chi connectivity index (χ1n) is 40.4. The lowest BCUT2D eigenvalue weighted by Gasteiger charge is -2.06. The van der Waals surface area contributed by atoms with Crippen LogP contribution in [-0.2, 0) is 28.8 Å². The quantitative estimate of drug-likeness (QED) is 0.0199. The molecule has 0 aliphatic heterocycles. The molecule has 0 saturated carbocycles. The average Bonchev–Trinajstić information content (AvgIpc) is 1.72. The molecule has 6 aromatic heterocycles. The Bertz CT molecular complexity index is 5980. The number of carbonyl (C=O) groups excluding carboxylic acids is 12. The minimum Gasteiger partial charge on any atom is -0.481 e. The Morgan fingerprint density at radius 2 is 0.403 bits per heavy atom. The molecular formula is C84H72Br3Cl7F2N24O24. The summed E-state index contributed by atoms with van der Waals surface area (Å²) in [6.45, 7) is 10.8. The number of halogens is 12. The van der Waals surface area contributed by atoms with Crippen molar-refractivity contribution in [2.45, 2.75) is 119 Å². The van der Waals surface area contributed by atoms with Crippen LogP contribution >= 0.6 is 129 Å². The first-order valence-corrected chi connectivity index (χ1v) is 45.4. The highest BCUT2D eigenvalue weighted by atomic mass is 79.9. The second-order valence-electron chi connectivity index (χ2n) is 29.1. The number of hydrogen-bond donors (Lipinski definition) is 12. The van der Waals surface area contributed by atoms with Gasteiger partial charge in [0.25, 0.3) is 70.9 Å². The zero-order valence-electron chi connectivity index (χ0n) is 74.5. The van der Waals surface area contributed by atoms with Crippen molar-refractivity contribution < 1.29 is 126 Å². The maximum Gasteiger partial charge on any atom is 0.303 e. The third-order valence-corrected chi connectivity index (χ3v) is 21.2. The number of aryl methyl sites for hydroxylation is 6. The number of aromatic nitrogens is 18. The van der Waals surface area contributed by atoms with Crippen LogP contribution in [0.15, 0.2) is 123 Å². The van der Waals surface area contributed by atoms with Gasteiger partial charge in [0.2, 0.25) is 0 Å². The lowest BCUT2D eigenvalue weighted by atomic mass is 10.2. The van der Waals surface area contributed by atoms with E-state index in [1.165, 1.54) is 24.3 Å². The van der Waals surface area contributed by atoms with Crippen LogP contribution in [0.2, 0.25) is 35.5 Å².